The quantitative estimate of drug-likeness (QED) is 0.594. The molecule has 0 fully saturated rings. The van der Waals surface area contributed by atoms with E-state index >= 15 is 0 Å². The van der Waals surface area contributed by atoms with Crippen molar-refractivity contribution in [2.75, 3.05) is 5.32 Å². The van der Waals surface area contributed by atoms with Crippen LogP contribution >= 0.6 is 0 Å². The van der Waals surface area contributed by atoms with Gasteiger partial charge in [-0.15, -0.1) is 5.10 Å². The first-order valence-electron chi connectivity index (χ1n) is 8.80. The molecule has 0 unspecified atom stereocenters. The molecule has 0 aliphatic carbocycles. The molecule has 28 heavy (non-hydrogen) atoms. The lowest BCUT2D eigenvalue weighted by Crippen LogP contribution is -2.14. The van der Waals surface area contributed by atoms with Crippen LogP contribution in [0.15, 0.2) is 54.7 Å². The number of fused-ring (bicyclic) bond motifs is 1. The lowest BCUT2D eigenvalue weighted by Gasteiger charge is -2.03. The van der Waals surface area contributed by atoms with Crippen LogP contribution in [0.4, 0.5) is 5.69 Å². The minimum atomic E-state index is -0.381. The topological polar surface area (TPSA) is 85.1 Å². The van der Waals surface area contributed by atoms with Crippen LogP contribution in [-0.2, 0) is 0 Å². The van der Waals surface area contributed by atoms with Gasteiger partial charge in [-0.25, -0.2) is 9.50 Å². The van der Waals surface area contributed by atoms with E-state index < -0.39 is 0 Å². The van der Waals surface area contributed by atoms with Crippen molar-refractivity contribution in [3.05, 3.63) is 83.2 Å². The number of hydrogen-bond acceptors (Lipinski definition) is 5. The Labute approximate surface area is 161 Å². The highest BCUT2D eigenvalue weighted by molar-refractivity contribution is 6.02. The molecule has 1 aromatic carbocycles. The number of carbonyl (C=O) groups is 1. The zero-order valence-corrected chi connectivity index (χ0v) is 15.5. The van der Waals surface area contributed by atoms with Crippen LogP contribution in [0, 0.1) is 13.8 Å². The Kier molecular flexibility index (Phi) is 4.63. The van der Waals surface area contributed by atoms with Gasteiger partial charge < -0.3 is 5.32 Å². The van der Waals surface area contributed by atoms with E-state index in [9.17, 15) is 4.79 Å². The average molecular weight is 370 g/mol. The summed E-state index contributed by atoms with van der Waals surface area (Å²) in [6, 6.07) is 15.1. The molecule has 0 spiro atoms. The number of pyridine rings is 1. The molecule has 0 aliphatic rings. The Bertz CT molecular complexity index is 1180. The number of benzene rings is 1. The molecule has 4 aromatic rings. The van der Waals surface area contributed by atoms with Crippen molar-refractivity contribution in [1.29, 1.82) is 0 Å². The van der Waals surface area contributed by atoms with Crippen LogP contribution in [0.3, 0.4) is 0 Å². The summed E-state index contributed by atoms with van der Waals surface area (Å²) in [4.78, 5) is 25.4. The van der Waals surface area contributed by atoms with Crippen molar-refractivity contribution >= 4 is 29.5 Å². The summed E-state index contributed by atoms with van der Waals surface area (Å²) >= 11 is 0. The van der Waals surface area contributed by atoms with E-state index in [1.54, 1.807) is 10.7 Å². The molecule has 0 atom stereocenters. The van der Waals surface area contributed by atoms with E-state index in [1.807, 2.05) is 74.5 Å². The van der Waals surface area contributed by atoms with E-state index in [2.05, 4.69) is 25.4 Å². The molecule has 0 saturated carbocycles. The van der Waals surface area contributed by atoms with Crippen molar-refractivity contribution in [3.63, 3.8) is 0 Å². The zero-order chi connectivity index (χ0) is 19.5. The number of anilines is 1. The predicted molar refractivity (Wildman–Crippen MR) is 108 cm³/mol. The van der Waals surface area contributed by atoms with Crippen LogP contribution in [-0.4, -0.2) is 30.5 Å². The molecule has 7 heteroatoms. The van der Waals surface area contributed by atoms with Gasteiger partial charge >= 0.3 is 0 Å². The molecule has 4 rings (SSSR count). The van der Waals surface area contributed by atoms with E-state index in [1.165, 1.54) is 0 Å². The Balaban J connectivity index is 1.53. The summed E-state index contributed by atoms with van der Waals surface area (Å²) in [5, 5.41) is 7.09. The van der Waals surface area contributed by atoms with Crippen molar-refractivity contribution < 1.29 is 4.79 Å². The number of rotatable bonds is 4. The first-order chi connectivity index (χ1) is 13.6. The molecule has 0 aliphatic heterocycles. The Hall–Kier alpha value is -3.87. The third-order valence-electron chi connectivity index (χ3n) is 4.10. The molecular weight excluding hydrogens is 352 g/mol. The van der Waals surface area contributed by atoms with Crippen LogP contribution in [0.2, 0.25) is 0 Å². The summed E-state index contributed by atoms with van der Waals surface area (Å²) in [5.74, 6) is 0.110. The molecule has 138 valence electrons. The molecule has 1 N–H and O–H groups in total. The monoisotopic (exact) mass is 370 g/mol. The number of hydrogen-bond donors (Lipinski definition) is 1. The van der Waals surface area contributed by atoms with Gasteiger partial charge in [0, 0.05) is 23.3 Å². The summed E-state index contributed by atoms with van der Waals surface area (Å²) < 4.78 is 1.56. The maximum Gasteiger partial charge on any atom is 0.295 e. The molecule has 3 heterocycles. The van der Waals surface area contributed by atoms with Gasteiger partial charge in [-0.1, -0.05) is 24.3 Å². The molecule has 7 nitrogen and oxygen atoms in total. The van der Waals surface area contributed by atoms with Gasteiger partial charge in [0.25, 0.3) is 11.7 Å². The summed E-state index contributed by atoms with van der Waals surface area (Å²) in [6.07, 6.45) is 5.61. The fraction of sp³-hybridized carbons (Fsp3) is 0.0952. The second-order valence-corrected chi connectivity index (χ2v) is 6.35. The van der Waals surface area contributed by atoms with E-state index in [0.29, 0.717) is 11.5 Å². The SMILES string of the molecule is Cc1cc(C)n2nc(C(=O)Nc3cccc(/C=C/c4ccccn4)c3)nc2n1. The highest BCUT2D eigenvalue weighted by Crippen LogP contribution is 2.14. The summed E-state index contributed by atoms with van der Waals surface area (Å²) in [6.45, 7) is 3.78. The van der Waals surface area contributed by atoms with E-state index in [4.69, 9.17) is 0 Å². The first-order valence-corrected chi connectivity index (χ1v) is 8.80. The fourth-order valence-electron chi connectivity index (χ4n) is 2.83. The smallest absolute Gasteiger partial charge is 0.295 e. The van der Waals surface area contributed by atoms with Gasteiger partial charge in [0.1, 0.15) is 0 Å². The third-order valence-corrected chi connectivity index (χ3v) is 4.10. The van der Waals surface area contributed by atoms with Gasteiger partial charge in [-0.2, -0.15) is 4.98 Å². The van der Waals surface area contributed by atoms with E-state index in [0.717, 1.165) is 22.6 Å². The largest absolute Gasteiger partial charge is 0.319 e. The number of nitrogens with zero attached hydrogens (tertiary/aromatic N) is 5. The number of amides is 1. The number of aryl methyl sites for hydroxylation is 2. The van der Waals surface area contributed by atoms with Crippen LogP contribution in [0.25, 0.3) is 17.9 Å². The van der Waals surface area contributed by atoms with Gasteiger partial charge in [0.05, 0.1) is 5.69 Å². The lowest BCUT2D eigenvalue weighted by atomic mass is 10.1. The molecular formula is C21H18N6O. The maximum absolute atomic E-state index is 12.6. The van der Waals surface area contributed by atoms with Crippen LogP contribution in [0.5, 0.6) is 0 Å². The molecule has 0 radical (unpaired) electrons. The van der Waals surface area contributed by atoms with Crippen molar-refractivity contribution in [2.24, 2.45) is 0 Å². The van der Waals surface area contributed by atoms with Crippen molar-refractivity contribution in [1.82, 2.24) is 24.6 Å². The highest BCUT2D eigenvalue weighted by Gasteiger charge is 2.15. The second-order valence-electron chi connectivity index (χ2n) is 6.35. The first kappa shape index (κ1) is 17.5. The van der Waals surface area contributed by atoms with Crippen molar-refractivity contribution in [3.8, 4) is 0 Å². The van der Waals surface area contributed by atoms with Gasteiger partial charge in [0.2, 0.25) is 5.82 Å². The fourth-order valence-corrected chi connectivity index (χ4v) is 2.83. The van der Waals surface area contributed by atoms with Gasteiger partial charge in [0.15, 0.2) is 0 Å². The normalized spacial score (nSPS) is 11.2. The highest BCUT2D eigenvalue weighted by atomic mass is 16.2. The number of carbonyl (C=O) groups excluding carboxylic acids is 1. The molecule has 0 saturated heterocycles. The minimum Gasteiger partial charge on any atom is -0.319 e. The number of nitrogens with one attached hydrogen (secondary N) is 1. The molecule has 0 bridgehead atoms. The lowest BCUT2D eigenvalue weighted by molar-refractivity contribution is 0.101. The average Bonchev–Trinajstić information content (AvgIpc) is 3.12. The van der Waals surface area contributed by atoms with Crippen molar-refractivity contribution in [2.45, 2.75) is 13.8 Å². The third kappa shape index (κ3) is 3.78. The Morgan fingerprint density at radius 2 is 1.93 bits per heavy atom. The van der Waals surface area contributed by atoms with Crippen LogP contribution in [0.1, 0.15) is 33.3 Å². The van der Waals surface area contributed by atoms with Gasteiger partial charge in [-0.05, 0) is 55.8 Å². The van der Waals surface area contributed by atoms with Crippen LogP contribution < -0.4 is 5.32 Å². The Morgan fingerprint density at radius 1 is 1.04 bits per heavy atom. The predicted octanol–water partition coefficient (Wildman–Crippen LogP) is 3.56. The standard InChI is InChI=1S/C21H18N6O/c1-14-12-15(2)27-21(23-14)25-19(26-27)20(28)24-18-8-5-6-16(13-18)9-10-17-7-3-4-11-22-17/h3-13H,1-2H3,(H,24,28)/b10-9+. The summed E-state index contributed by atoms with van der Waals surface area (Å²) in [5.41, 5.74) is 4.17. The maximum atomic E-state index is 12.6. The zero-order valence-electron chi connectivity index (χ0n) is 15.5. The Morgan fingerprint density at radius 3 is 2.75 bits per heavy atom. The second kappa shape index (κ2) is 7.40. The number of aromatic nitrogens is 5. The molecule has 1 amide bonds. The van der Waals surface area contributed by atoms with Gasteiger partial charge in [-0.3, -0.25) is 9.78 Å². The van der Waals surface area contributed by atoms with E-state index in [-0.39, 0.29) is 11.7 Å². The summed E-state index contributed by atoms with van der Waals surface area (Å²) in [7, 11) is 0. The minimum absolute atomic E-state index is 0.0793. The molecule has 3 aromatic heterocycles.